The van der Waals surface area contributed by atoms with Crippen LogP contribution in [-0.2, 0) is 4.79 Å². The first-order valence-corrected chi connectivity index (χ1v) is 2.77. The van der Waals surface area contributed by atoms with Gasteiger partial charge in [-0.1, -0.05) is 0 Å². The van der Waals surface area contributed by atoms with Crippen molar-refractivity contribution in [2.45, 2.75) is 18.9 Å². The topological polar surface area (TPSA) is 49.3 Å². The first kappa shape index (κ1) is 8.72. The molecule has 0 unspecified atom stereocenters. The molecule has 54 valence electrons. The lowest BCUT2D eigenvalue weighted by molar-refractivity contribution is -0.139. The van der Waals surface area contributed by atoms with Gasteiger partial charge in [-0.25, -0.2) is 0 Å². The summed E-state index contributed by atoms with van der Waals surface area (Å²) < 4.78 is 0. The van der Waals surface area contributed by atoms with Gasteiger partial charge in [-0.05, 0) is 19.4 Å². The number of halogens is 1. The lowest BCUT2D eigenvalue weighted by Gasteiger charge is -1.99. The summed E-state index contributed by atoms with van der Waals surface area (Å²) in [5.41, 5.74) is 0. The van der Waals surface area contributed by atoms with E-state index in [-0.39, 0.29) is 18.4 Å². The molecule has 0 aromatic heterocycles. The summed E-state index contributed by atoms with van der Waals surface area (Å²) in [7, 11) is 0. The van der Waals surface area contributed by atoms with Crippen LogP contribution in [0.4, 0.5) is 0 Å². The zero-order valence-electron chi connectivity index (χ0n) is 4.96. The highest BCUT2D eigenvalue weighted by Gasteiger charge is 2.20. The third kappa shape index (κ3) is 2.20. The molecule has 0 bridgehead atoms. The van der Waals surface area contributed by atoms with Gasteiger partial charge in [-0.2, -0.15) is 0 Å². The van der Waals surface area contributed by atoms with Gasteiger partial charge in [-0.15, -0.1) is 12.4 Å². The van der Waals surface area contributed by atoms with Crippen LogP contribution in [0.1, 0.15) is 12.8 Å². The minimum Gasteiger partial charge on any atom is -0.480 e. The van der Waals surface area contributed by atoms with Gasteiger partial charge in [0.15, 0.2) is 0 Å². The summed E-state index contributed by atoms with van der Waals surface area (Å²) in [4.78, 5) is 10.1. The highest BCUT2D eigenvalue weighted by molar-refractivity contribution is 5.85. The fourth-order valence-electron chi connectivity index (χ4n) is 0.895. The zero-order chi connectivity index (χ0) is 5.98. The van der Waals surface area contributed by atoms with E-state index in [4.69, 9.17) is 5.11 Å². The van der Waals surface area contributed by atoms with Crippen LogP contribution in [-0.4, -0.2) is 23.7 Å². The van der Waals surface area contributed by atoms with Crippen LogP contribution < -0.4 is 5.32 Å². The van der Waals surface area contributed by atoms with Crippen molar-refractivity contribution in [1.29, 1.82) is 0 Å². The molecule has 0 spiro atoms. The minimum absolute atomic E-state index is 0. The minimum atomic E-state index is -0.720. The van der Waals surface area contributed by atoms with E-state index in [1.54, 1.807) is 0 Å². The van der Waals surface area contributed by atoms with Gasteiger partial charge in [0, 0.05) is 0 Å². The second-order valence-electron chi connectivity index (χ2n) is 1.99. The van der Waals surface area contributed by atoms with Crippen LogP contribution in [0.2, 0.25) is 0 Å². The lowest BCUT2D eigenvalue weighted by atomic mass is 10.2. The number of carboxylic acids is 1. The standard InChI is InChI=1S/C5H9NO2.ClH/c7-5(8)4-2-1-3-6-4;/h4,6H,1-3H2,(H,7,8);1H/t4-;/m1./s1. The maximum Gasteiger partial charge on any atom is 0.320 e. The van der Waals surface area contributed by atoms with E-state index in [9.17, 15) is 4.79 Å². The van der Waals surface area contributed by atoms with Crippen LogP contribution in [0.5, 0.6) is 0 Å². The summed E-state index contributed by atoms with van der Waals surface area (Å²) in [5.74, 6) is -0.720. The number of carbonyl (C=O) groups is 1. The van der Waals surface area contributed by atoms with E-state index in [0.717, 1.165) is 19.4 Å². The van der Waals surface area contributed by atoms with Gasteiger partial charge in [0.05, 0.1) is 0 Å². The highest BCUT2D eigenvalue weighted by Crippen LogP contribution is 2.03. The second-order valence-corrected chi connectivity index (χ2v) is 1.99. The number of hydrogen-bond donors (Lipinski definition) is 2. The Bertz CT molecular complexity index is 101. The van der Waals surface area contributed by atoms with Gasteiger partial charge in [0.2, 0.25) is 0 Å². The van der Waals surface area contributed by atoms with E-state index in [0.29, 0.717) is 0 Å². The molecule has 1 heterocycles. The molecule has 0 saturated carbocycles. The van der Waals surface area contributed by atoms with Gasteiger partial charge in [-0.3, -0.25) is 4.79 Å². The van der Waals surface area contributed by atoms with Crippen molar-refractivity contribution in [3.05, 3.63) is 0 Å². The van der Waals surface area contributed by atoms with E-state index in [1.165, 1.54) is 0 Å². The van der Waals surface area contributed by atoms with E-state index in [2.05, 4.69) is 5.32 Å². The molecule has 4 heteroatoms. The van der Waals surface area contributed by atoms with E-state index >= 15 is 0 Å². The molecular formula is C5H10ClNO2. The Morgan fingerprint density at radius 2 is 2.33 bits per heavy atom. The normalized spacial score (nSPS) is 25.1. The van der Waals surface area contributed by atoms with Crippen molar-refractivity contribution in [3.8, 4) is 0 Å². The van der Waals surface area contributed by atoms with Crippen LogP contribution in [0.25, 0.3) is 0 Å². The molecule has 1 atom stereocenters. The molecule has 2 N–H and O–H groups in total. The lowest BCUT2D eigenvalue weighted by Crippen LogP contribution is -2.29. The average Bonchev–Trinajstić information content (AvgIpc) is 2.12. The van der Waals surface area contributed by atoms with Gasteiger partial charge in [0.1, 0.15) is 6.04 Å². The summed E-state index contributed by atoms with van der Waals surface area (Å²) in [6.07, 6.45) is 1.78. The van der Waals surface area contributed by atoms with Crippen molar-refractivity contribution in [2.75, 3.05) is 6.54 Å². The van der Waals surface area contributed by atoms with E-state index in [1.807, 2.05) is 0 Å². The Hall–Kier alpha value is -0.280. The van der Waals surface area contributed by atoms with Crippen LogP contribution >= 0.6 is 12.4 Å². The smallest absolute Gasteiger partial charge is 0.320 e. The maximum atomic E-state index is 10.1. The van der Waals surface area contributed by atoms with E-state index < -0.39 is 5.97 Å². The maximum absolute atomic E-state index is 10.1. The van der Waals surface area contributed by atoms with Gasteiger partial charge < -0.3 is 10.4 Å². The fourth-order valence-corrected chi connectivity index (χ4v) is 0.895. The first-order valence-electron chi connectivity index (χ1n) is 2.77. The average molecular weight is 152 g/mol. The predicted octanol–water partition coefficient (Wildman–Crippen LogP) is 0.245. The summed E-state index contributed by atoms with van der Waals surface area (Å²) >= 11 is 0. The molecule has 1 saturated heterocycles. The molecule has 9 heavy (non-hydrogen) atoms. The van der Waals surface area contributed by atoms with Gasteiger partial charge in [0.25, 0.3) is 0 Å². The monoisotopic (exact) mass is 151 g/mol. The molecule has 1 aliphatic heterocycles. The molecule has 1 fully saturated rings. The Labute approximate surface area is 59.9 Å². The molecular weight excluding hydrogens is 142 g/mol. The Balaban J connectivity index is 0.000000640. The molecule has 0 radical (unpaired) electrons. The van der Waals surface area contributed by atoms with Crippen LogP contribution in [0, 0.1) is 0 Å². The highest BCUT2D eigenvalue weighted by atomic mass is 35.5. The Kier molecular flexibility index (Phi) is 3.58. The number of hydrogen-bond acceptors (Lipinski definition) is 2. The molecule has 1 aliphatic rings. The van der Waals surface area contributed by atoms with Crippen molar-refractivity contribution < 1.29 is 9.90 Å². The number of carboxylic acid groups (broad SMARTS) is 1. The molecule has 1 rings (SSSR count). The third-order valence-electron chi connectivity index (χ3n) is 1.36. The SMILES string of the molecule is Cl.O=C(O)[C@H]1CCCN1. The Morgan fingerprint density at radius 1 is 1.67 bits per heavy atom. The largest absolute Gasteiger partial charge is 0.480 e. The van der Waals surface area contributed by atoms with Crippen molar-refractivity contribution in [3.63, 3.8) is 0 Å². The second kappa shape index (κ2) is 3.69. The number of aliphatic carboxylic acids is 1. The van der Waals surface area contributed by atoms with Gasteiger partial charge >= 0.3 is 5.97 Å². The summed E-state index contributed by atoms with van der Waals surface area (Å²) in [6, 6.07) is -0.269. The predicted molar refractivity (Wildman–Crippen MR) is 35.9 cm³/mol. The molecule has 0 aromatic carbocycles. The summed E-state index contributed by atoms with van der Waals surface area (Å²) in [6.45, 7) is 0.858. The van der Waals surface area contributed by atoms with Crippen LogP contribution in [0.3, 0.4) is 0 Å². The summed E-state index contributed by atoms with van der Waals surface area (Å²) in [5, 5.41) is 11.2. The number of nitrogens with one attached hydrogen (secondary N) is 1. The van der Waals surface area contributed by atoms with Crippen molar-refractivity contribution in [2.24, 2.45) is 0 Å². The molecule has 0 aromatic rings. The quantitative estimate of drug-likeness (QED) is 0.565. The molecule has 0 amide bonds. The zero-order valence-corrected chi connectivity index (χ0v) is 5.78. The molecule has 0 aliphatic carbocycles. The van der Waals surface area contributed by atoms with Crippen molar-refractivity contribution in [1.82, 2.24) is 5.32 Å². The molecule has 3 nitrogen and oxygen atoms in total. The Morgan fingerprint density at radius 3 is 2.56 bits per heavy atom. The number of rotatable bonds is 1. The van der Waals surface area contributed by atoms with Crippen molar-refractivity contribution >= 4 is 18.4 Å². The van der Waals surface area contributed by atoms with Crippen LogP contribution in [0.15, 0.2) is 0 Å². The first-order chi connectivity index (χ1) is 3.80. The fraction of sp³-hybridized carbons (Fsp3) is 0.800. The third-order valence-corrected chi connectivity index (χ3v) is 1.36.